The van der Waals surface area contributed by atoms with Crippen molar-refractivity contribution >= 4 is 5.97 Å². The Hall–Kier alpha value is -0.610. The van der Waals surface area contributed by atoms with Gasteiger partial charge in [0.25, 0.3) is 0 Å². The normalized spacial score (nSPS) is 17.4. The van der Waals surface area contributed by atoms with Crippen molar-refractivity contribution in [2.24, 2.45) is 0 Å². The number of rotatable bonds is 7. The molecule has 4 heteroatoms. The number of carbonyl (C=O) groups is 1. The van der Waals surface area contributed by atoms with Crippen molar-refractivity contribution in [1.82, 2.24) is 4.90 Å². The lowest BCUT2D eigenvalue weighted by Gasteiger charge is -2.33. The van der Waals surface area contributed by atoms with Crippen molar-refractivity contribution in [3.05, 3.63) is 0 Å². The van der Waals surface area contributed by atoms with Crippen molar-refractivity contribution in [3.8, 4) is 0 Å². The third-order valence-electron chi connectivity index (χ3n) is 3.39. The molecule has 0 saturated heterocycles. The van der Waals surface area contributed by atoms with E-state index in [1.54, 1.807) is 0 Å². The standard InChI is InChI=1S/C13H25NO3/c1-2-17-13(16)8-9-14(10-11-15)12-6-4-3-5-7-12/h12,15H,2-11H2,1H3. The van der Waals surface area contributed by atoms with Crippen LogP contribution < -0.4 is 0 Å². The predicted octanol–water partition coefficient (Wildman–Crippen LogP) is 1.57. The van der Waals surface area contributed by atoms with Crippen LogP contribution in [0.5, 0.6) is 0 Å². The molecule has 17 heavy (non-hydrogen) atoms. The van der Waals surface area contributed by atoms with Gasteiger partial charge in [-0.15, -0.1) is 0 Å². The summed E-state index contributed by atoms with van der Waals surface area (Å²) in [5.74, 6) is -0.133. The number of aliphatic hydroxyl groups excluding tert-OH is 1. The maximum absolute atomic E-state index is 11.3. The Morgan fingerprint density at radius 3 is 2.59 bits per heavy atom. The van der Waals surface area contributed by atoms with E-state index in [4.69, 9.17) is 9.84 Å². The van der Waals surface area contributed by atoms with Gasteiger partial charge in [-0.1, -0.05) is 19.3 Å². The molecule has 0 radical (unpaired) electrons. The molecule has 4 nitrogen and oxygen atoms in total. The Morgan fingerprint density at radius 2 is 2.00 bits per heavy atom. The Kier molecular flexibility index (Phi) is 7.21. The molecule has 0 atom stereocenters. The minimum absolute atomic E-state index is 0.133. The summed E-state index contributed by atoms with van der Waals surface area (Å²) in [7, 11) is 0. The van der Waals surface area contributed by atoms with Crippen molar-refractivity contribution < 1.29 is 14.6 Å². The third kappa shape index (κ3) is 5.50. The Morgan fingerprint density at radius 1 is 1.29 bits per heavy atom. The van der Waals surface area contributed by atoms with Gasteiger partial charge in [-0.3, -0.25) is 9.69 Å². The summed E-state index contributed by atoms with van der Waals surface area (Å²) >= 11 is 0. The Bertz CT molecular complexity index is 215. The van der Waals surface area contributed by atoms with Gasteiger partial charge in [0, 0.05) is 19.1 Å². The number of carbonyl (C=O) groups excluding carboxylic acids is 1. The SMILES string of the molecule is CCOC(=O)CCN(CCO)C1CCCCC1. The lowest BCUT2D eigenvalue weighted by Crippen LogP contribution is -2.40. The van der Waals surface area contributed by atoms with Gasteiger partial charge in [-0.05, 0) is 19.8 Å². The minimum Gasteiger partial charge on any atom is -0.466 e. The highest BCUT2D eigenvalue weighted by Crippen LogP contribution is 2.22. The highest BCUT2D eigenvalue weighted by Gasteiger charge is 2.21. The molecule has 1 aliphatic carbocycles. The molecule has 0 spiro atoms. The van der Waals surface area contributed by atoms with Crippen molar-refractivity contribution in [3.63, 3.8) is 0 Å². The largest absolute Gasteiger partial charge is 0.466 e. The second-order valence-electron chi connectivity index (χ2n) is 4.61. The minimum atomic E-state index is -0.133. The second kappa shape index (κ2) is 8.48. The average Bonchev–Trinajstić information content (AvgIpc) is 2.36. The maximum Gasteiger partial charge on any atom is 0.307 e. The summed E-state index contributed by atoms with van der Waals surface area (Å²) in [4.78, 5) is 13.6. The molecule has 0 aromatic rings. The molecule has 0 aromatic heterocycles. The lowest BCUT2D eigenvalue weighted by atomic mass is 9.94. The number of hydrogen-bond donors (Lipinski definition) is 1. The van der Waals surface area contributed by atoms with Gasteiger partial charge in [0.2, 0.25) is 0 Å². The van der Waals surface area contributed by atoms with Crippen LogP contribution >= 0.6 is 0 Å². The summed E-state index contributed by atoms with van der Waals surface area (Å²) in [6, 6.07) is 0.547. The molecule has 1 N–H and O–H groups in total. The lowest BCUT2D eigenvalue weighted by molar-refractivity contribution is -0.143. The molecule has 0 aliphatic heterocycles. The van der Waals surface area contributed by atoms with Crippen LogP contribution in [0.2, 0.25) is 0 Å². The number of hydrogen-bond acceptors (Lipinski definition) is 4. The highest BCUT2D eigenvalue weighted by molar-refractivity contribution is 5.69. The Labute approximate surface area is 104 Å². The fourth-order valence-corrected chi connectivity index (χ4v) is 2.52. The first-order valence-electron chi connectivity index (χ1n) is 6.78. The smallest absolute Gasteiger partial charge is 0.307 e. The number of nitrogens with zero attached hydrogens (tertiary/aromatic N) is 1. The maximum atomic E-state index is 11.3. The molecule has 1 aliphatic rings. The van der Waals surface area contributed by atoms with E-state index in [1.165, 1.54) is 32.1 Å². The number of aliphatic hydroxyl groups is 1. The fraction of sp³-hybridized carbons (Fsp3) is 0.923. The third-order valence-corrected chi connectivity index (χ3v) is 3.39. The highest BCUT2D eigenvalue weighted by atomic mass is 16.5. The number of ether oxygens (including phenoxy) is 1. The summed E-state index contributed by atoms with van der Waals surface area (Å²) in [6.07, 6.45) is 6.69. The van der Waals surface area contributed by atoms with Gasteiger partial charge in [0.05, 0.1) is 19.6 Å². The van der Waals surface area contributed by atoms with Crippen LogP contribution in [0, 0.1) is 0 Å². The van der Waals surface area contributed by atoms with E-state index in [9.17, 15) is 4.79 Å². The Balaban J connectivity index is 2.33. The first-order chi connectivity index (χ1) is 8.27. The van der Waals surface area contributed by atoms with E-state index in [1.807, 2.05) is 6.92 Å². The van der Waals surface area contributed by atoms with Crippen LogP contribution in [-0.2, 0) is 9.53 Å². The van der Waals surface area contributed by atoms with Crippen molar-refractivity contribution in [1.29, 1.82) is 0 Å². The molecule has 0 aromatic carbocycles. The monoisotopic (exact) mass is 243 g/mol. The van der Waals surface area contributed by atoms with Crippen LogP contribution in [0.1, 0.15) is 45.4 Å². The number of esters is 1. The van der Waals surface area contributed by atoms with Gasteiger partial charge in [-0.2, -0.15) is 0 Å². The molecule has 1 rings (SSSR count). The zero-order valence-electron chi connectivity index (χ0n) is 10.9. The van der Waals surface area contributed by atoms with Crippen LogP contribution in [0.25, 0.3) is 0 Å². The molecule has 0 bridgehead atoms. The molecule has 0 heterocycles. The first kappa shape index (κ1) is 14.5. The van der Waals surface area contributed by atoms with E-state index < -0.39 is 0 Å². The zero-order valence-corrected chi connectivity index (χ0v) is 10.9. The van der Waals surface area contributed by atoms with Crippen molar-refractivity contribution in [2.75, 3.05) is 26.3 Å². The van der Waals surface area contributed by atoms with Crippen LogP contribution in [0.3, 0.4) is 0 Å². The summed E-state index contributed by atoms with van der Waals surface area (Å²) in [6.45, 7) is 3.82. The first-order valence-corrected chi connectivity index (χ1v) is 6.78. The van der Waals surface area contributed by atoms with E-state index in [-0.39, 0.29) is 12.6 Å². The summed E-state index contributed by atoms with van der Waals surface area (Å²) < 4.78 is 4.93. The van der Waals surface area contributed by atoms with Crippen molar-refractivity contribution in [2.45, 2.75) is 51.5 Å². The van der Waals surface area contributed by atoms with E-state index in [0.717, 1.165) is 0 Å². The van der Waals surface area contributed by atoms with Crippen LogP contribution in [-0.4, -0.2) is 48.3 Å². The van der Waals surface area contributed by atoms with Gasteiger partial charge in [-0.25, -0.2) is 0 Å². The van der Waals surface area contributed by atoms with E-state index in [2.05, 4.69) is 4.90 Å². The molecule has 100 valence electrons. The van der Waals surface area contributed by atoms with Crippen LogP contribution in [0.15, 0.2) is 0 Å². The van der Waals surface area contributed by atoms with E-state index >= 15 is 0 Å². The van der Waals surface area contributed by atoms with Crippen LogP contribution in [0.4, 0.5) is 0 Å². The molecular formula is C13H25NO3. The quantitative estimate of drug-likeness (QED) is 0.690. The van der Waals surface area contributed by atoms with Gasteiger partial charge < -0.3 is 9.84 Å². The van der Waals surface area contributed by atoms with Gasteiger partial charge >= 0.3 is 5.97 Å². The zero-order chi connectivity index (χ0) is 12.5. The fourth-order valence-electron chi connectivity index (χ4n) is 2.52. The average molecular weight is 243 g/mol. The molecule has 0 amide bonds. The summed E-state index contributed by atoms with van der Waals surface area (Å²) in [5.41, 5.74) is 0. The molecule has 1 saturated carbocycles. The second-order valence-corrected chi connectivity index (χ2v) is 4.61. The topological polar surface area (TPSA) is 49.8 Å². The molecule has 0 unspecified atom stereocenters. The summed E-state index contributed by atoms with van der Waals surface area (Å²) in [5, 5.41) is 9.08. The predicted molar refractivity (Wildman–Crippen MR) is 66.8 cm³/mol. The van der Waals surface area contributed by atoms with Gasteiger partial charge in [0.1, 0.15) is 0 Å². The molecular weight excluding hydrogens is 218 g/mol. The van der Waals surface area contributed by atoms with E-state index in [0.29, 0.717) is 32.2 Å². The van der Waals surface area contributed by atoms with Gasteiger partial charge in [0.15, 0.2) is 0 Å². The molecule has 1 fully saturated rings.